The van der Waals surface area contributed by atoms with Crippen molar-refractivity contribution in [1.82, 2.24) is 4.98 Å². The molecule has 2 aromatic rings. The largest absolute Gasteiger partial charge is 0.302 e. The lowest BCUT2D eigenvalue weighted by Crippen LogP contribution is -2.17. The van der Waals surface area contributed by atoms with Crippen molar-refractivity contribution in [2.75, 3.05) is 5.32 Å². The standard InChI is InChI=1S/C15H17FN2OS/c1-14(2)11(15(14,3)4)12(19)18-13-17-9-6-5-8(16)7-10(9)20-13/h5-7,11H,1-4H3,(H,17,18,19). The predicted octanol–water partition coefficient (Wildman–Crippen LogP) is 4.06. The fourth-order valence-corrected chi connectivity index (χ4v) is 3.88. The number of rotatable bonds is 2. The third kappa shape index (κ3) is 1.84. The summed E-state index contributed by atoms with van der Waals surface area (Å²) in [6.45, 7) is 8.41. The van der Waals surface area contributed by atoms with Crippen LogP contribution in [0.15, 0.2) is 18.2 Å². The van der Waals surface area contributed by atoms with Crippen molar-refractivity contribution in [3.8, 4) is 0 Å². The predicted molar refractivity (Wildman–Crippen MR) is 79.3 cm³/mol. The van der Waals surface area contributed by atoms with Crippen molar-refractivity contribution >= 4 is 32.6 Å². The third-order valence-corrected chi connectivity index (χ3v) is 5.80. The molecule has 0 saturated heterocycles. The summed E-state index contributed by atoms with van der Waals surface area (Å²) < 4.78 is 13.9. The first-order valence-electron chi connectivity index (χ1n) is 6.60. The summed E-state index contributed by atoms with van der Waals surface area (Å²) in [6, 6.07) is 4.44. The van der Waals surface area contributed by atoms with E-state index in [1.807, 2.05) is 0 Å². The second-order valence-electron chi connectivity index (χ2n) is 6.50. The van der Waals surface area contributed by atoms with E-state index in [4.69, 9.17) is 0 Å². The molecular formula is C15H17FN2OS. The topological polar surface area (TPSA) is 42.0 Å². The number of benzene rings is 1. The quantitative estimate of drug-likeness (QED) is 0.907. The third-order valence-electron chi connectivity index (χ3n) is 4.86. The number of thiazole rings is 1. The summed E-state index contributed by atoms with van der Waals surface area (Å²) in [4.78, 5) is 16.7. The smallest absolute Gasteiger partial charge is 0.230 e. The van der Waals surface area contributed by atoms with Crippen LogP contribution in [-0.2, 0) is 4.79 Å². The number of amides is 1. The average Bonchev–Trinajstić information content (AvgIpc) is 2.62. The minimum Gasteiger partial charge on any atom is -0.302 e. The second-order valence-corrected chi connectivity index (χ2v) is 7.53. The Balaban J connectivity index is 1.82. The molecule has 1 aromatic heterocycles. The molecule has 3 rings (SSSR count). The Morgan fingerprint density at radius 1 is 1.30 bits per heavy atom. The van der Waals surface area contributed by atoms with Crippen LogP contribution in [0.25, 0.3) is 10.2 Å². The molecule has 1 aliphatic rings. The van der Waals surface area contributed by atoms with Crippen LogP contribution < -0.4 is 5.32 Å². The monoisotopic (exact) mass is 292 g/mol. The molecule has 20 heavy (non-hydrogen) atoms. The summed E-state index contributed by atoms with van der Waals surface area (Å²) in [7, 11) is 0. The van der Waals surface area contributed by atoms with E-state index in [1.165, 1.54) is 23.5 Å². The molecule has 3 nitrogen and oxygen atoms in total. The zero-order valence-electron chi connectivity index (χ0n) is 12.0. The van der Waals surface area contributed by atoms with Gasteiger partial charge in [0.05, 0.1) is 10.2 Å². The highest BCUT2D eigenvalue weighted by Crippen LogP contribution is 2.68. The zero-order valence-corrected chi connectivity index (χ0v) is 12.8. The maximum absolute atomic E-state index is 13.1. The van der Waals surface area contributed by atoms with E-state index in [2.05, 4.69) is 38.0 Å². The van der Waals surface area contributed by atoms with E-state index in [-0.39, 0.29) is 28.5 Å². The molecule has 0 unspecified atom stereocenters. The van der Waals surface area contributed by atoms with Gasteiger partial charge in [-0.2, -0.15) is 0 Å². The molecule has 0 atom stereocenters. The van der Waals surface area contributed by atoms with Crippen molar-refractivity contribution in [2.45, 2.75) is 27.7 Å². The average molecular weight is 292 g/mol. The van der Waals surface area contributed by atoms with Gasteiger partial charge in [-0.05, 0) is 29.0 Å². The van der Waals surface area contributed by atoms with Gasteiger partial charge < -0.3 is 5.32 Å². The molecule has 1 amide bonds. The van der Waals surface area contributed by atoms with Gasteiger partial charge >= 0.3 is 0 Å². The number of anilines is 1. The van der Waals surface area contributed by atoms with E-state index < -0.39 is 0 Å². The van der Waals surface area contributed by atoms with Gasteiger partial charge in [-0.3, -0.25) is 4.79 Å². The molecule has 0 aliphatic heterocycles. The van der Waals surface area contributed by atoms with Crippen molar-refractivity contribution in [1.29, 1.82) is 0 Å². The van der Waals surface area contributed by atoms with Crippen molar-refractivity contribution in [3.63, 3.8) is 0 Å². The van der Waals surface area contributed by atoms with E-state index in [0.717, 1.165) is 4.70 Å². The number of fused-ring (bicyclic) bond motifs is 1. The molecule has 106 valence electrons. The number of carbonyl (C=O) groups is 1. The normalized spacial score (nSPS) is 20.1. The van der Waals surface area contributed by atoms with Crippen LogP contribution in [0.4, 0.5) is 9.52 Å². The molecule has 0 bridgehead atoms. The number of carbonyl (C=O) groups excluding carboxylic acids is 1. The number of halogens is 1. The number of nitrogens with zero attached hydrogens (tertiary/aromatic N) is 1. The lowest BCUT2D eigenvalue weighted by molar-refractivity contribution is -0.118. The Kier molecular flexibility index (Phi) is 2.70. The van der Waals surface area contributed by atoms with Gasteiger partial charge in [0, 0.05) is 5.92 Å². The van der Waals surface area contributed by atoms with Gasteiger partial charge in [0.25, 0.3) is 0 Å². The Labute approximate surface area is 121 Å². The highest BCUT2D eigenvalue weighted by molar-refractivity contribution is 7.22. The molecular weight excluding hydrogens is 275 g/mol. The summed E-state index contributed by atoms with van der Waals surface area (Å²) in [5, 5.41) is 3.41. The first kappa shape index (κ1) is 13.5. The maximum atomic E-state index is 13.1. The number of nitrogens with one attached hydrogen (secondary N) is 1. The Morgan fingerprint density at radius 3 is 2.55 bits per heavy atom. The van der Waals surface area contributed by atoms with Crippen LogP contribution in [0.2, 0.25) is 0 Å². The first-order valence-corrected chi connectivity index (χ1v) is 7.42. The van der Waals surface area contributed by atoms with Crippen LogP contribution in [-0.4, -0.2) is 10.9 Å². The summed E-state index contributed by atoms with van der Waals surface area (Å²) >= 11 is 1.30. The van der Waals surface area contributed by atoms with Gasteiger partial charge in [0.2, 0.25) is 5.91 Å². The molecule has 1 heterocycles. The summed E-state index contributed by atoms with van der Waals surface area (Å²) in [5.41, 5.74) is 0.709. The number of hydrogen-bond donors (Lipinski definition) is 1. The minimum atomic E-state index is -0.288. The van der Waals surface area contributed by atoms with Crippen LogP contribution in [0.1, 0.15) is 27.7 Å². The zero-order chi connectivity index (χ0) is 14.7. The van der Waals surface area contributed by atoms with Crippen molar-refractivity contribution in [2.24, 2.45) is 16.7 Å². The molecule has 1 saturated carbocycles. The van der Waals surface area contributed by atoms with Crippen LogP contribution in [0.3, 0.4) is 0 Å². The lowest BCUT2D eigenvalue weighted by atomic mass is 10.0. The number of hydrogen-bond acceptors (Lipinski definition) is 3. The highest BCUT2D eigenvalue weighted by Gasteiger charge is 2.68. The minimum absolute atomic E-state index is 0.000125. The van der Waals surface area contributed by atoms with Crippen molar-refractivity contribution < 1.29 is 9.18 Å². The summed E-state index contributed by atoms with van der Waals surface area (Å²) in [6.07, 6.45) is 0. The maximum Gasteiger partial charge on any atom is 0.230 e. The van der Waals surface area contributed by atoms with E-state index in [0.29, 0.717) is 10.6 Å². The molecule has 1 aromatic carbocycles. The molecule has 1 N–H and O–H groups in total. The highest BCUT2D eigenvalue weighted by atomic mass is 32.1. The lowest BCUT2D eigenvalue weighted by Gasteiger charge is -2.03. The molecule has 0 radical (unpaired) electrons. The molecule has 1 fully saturated rings. The van der Waals surface area contributed by atoms with Gasteiger partial charge in [-0.1, -0.05) is 39.0 Å². The SMILES string of the molecule is CC1(C)C(C(=O)Nc2nc3ccc(F)cc3s2)C1(C)C. The molecule has 0 spiro atoms. The fraction of sp³-hybridized carbons (Fsp3) is 0.467. The molecule has 5 heteroatoms. The molecule has 1 aliphatic carbocycles. The van der Waals surface area contributed by atoms with E-state index >= 15 is 0 Å². The van der Waals surface area contributed by atoms with Crippen LogP contribution in [0, 0.1) is 22.6 Å². The Hall–Kier alpha value is -1.49. The Morgan fingerprint density at radius 2 is 1.95 bits per heavy atom. The van der Waals surface area contributed by atoms with Crippen LogP contribution in [0.5, 0.6) is 0 Å². The fourth-order valence-electron chi connectivity index (χ4n) is 2.98. The van der Waals surface area contributed by atoms with Crippen molar-refractivity contribution in [3.05, 3.63) is 24.0 Å². The second kappa shape index (κ2) is 4.01. The number of aromatic nitrogens is 1. The first-order chi connectivity index (χ1) is 9.23. The van der Waals surface area contributed by atoms with E-state index in [1.54, 1.807) is 6.07 Å². The van der Waals surface area contributed by atoms with Gasteiger partial charge in [-0.25, -0.2) is 9.37 Å². The van der Waals surface area contributed by atoms with E-state index in [9.17, 15) is 9.18 Å². The Bertz CT molecular complexity index is 691. The van der Waals surface area contributed by atoms with Gasteiger partial charge in [0.15, 0.2) is 5.13 Å². The van der Waals surface area contributed by atoms with Crippen LogP contribution >= 0.6 is 11.3 Å². The van der Waals surface area contributed by atoms with Gasteiger partial charge in [0.1, 0.15) is 5.82 Å². The van der Waals surface area contributed by atoms with Gasteiger partial charge in [-0.15, -0.1) is 0 Å². The summed E-state index contributed by atoms with van der Waals surface area (Å²) in [5.74, 6) is -0.304.